The molecule has 1 saturated carbocycles. The van der Waals surface area contributed by atoms with Gasteiger partial charge >= 0.3 is 12.1 Å². The highest BCUT2D eigenvalue weighted by Crippen LogP contribution is 2.48. The van der Waals surface area contributed by atoms with Crippen LogP contribution in [0.2, 0.25) is 0 Å². The molecule has 0 spiro atoms. The molecule has 128 valence electrons. The molecule has 0 aromatic heterocycles. The van der Waals surface area contributed by atoms with Gasteiger partial charge in [0.15, 0.2) is 0 Å². The third kappa shape index (κ3) is 2.76. The smallest absolute Gasteiger partial charge is 0.419 e. The van der Waals surface area contributed by atoms with Crippen molar-refractivity contribution in [1.82, 2.24) is 0 Å². The molecule has 24 heavy (non-hydrogen) atoms. The van der Waals surface area contributed by atoms with Crippen LogP contribution in [0.3, 0.4) is 0 Å². The number of hydrogen-bond donors (Lipinski definition) is 2. The maximum absolute atomic E-state index is 13.3. The van der Waals surface area contributed by atoms with E-state index in [1.807, 2.05) is 0 Å². The summed E-state index contributed by atoms with van der Waals surface area (Å²) in [7, 11) is 0. The van der Waals surface area contributed by atoms with Gasteiger partial charge in [0.2, 0.25) is 5.91 Å². The predicted molar refractivity (Wildman–Crippen MR) is 75.4 cm³/mol. The number of nitrogens with one attached hydrogen (secondary N) is 1. The molecular weight excluding hydrogens is 330 g/mol. The van der Waals surface area contributed by atoms with Gasteiger partial charge in [0.25, 0.3) is 0 Å². The van der Waals surface area contributed by atoms with Gasteiger partial charge in [-0.15, -0.1) is 0 Å². The summed E-state index contributed by atoms with van der Waals surface area (Å²) in [5.41, 5.74) is -1.70. The van der Waals surface area contributed by atoms with Gasteiger partial charge < -0.3 is 10.4 Å². The van der Waals surface area contributed by atoms with Gasteiger partial charge in [-0.1, -0.05) is 12.2 Å². The van der Waals surface area contributed by atoms with Crippen LogP contribution in [0.25, 0.3) is 0 Å². The zero-order valence-corrected chi connectivity index (χ0v) is 12.2. The van der Waals surface area contributed by atoms with Crippen molar-refractivity contribution in [2.45, 2.75) is 12.6 Å². The first-order chi connectivity index (χ1) is 11.2. The Labute approximate surface area is 134 Å². The number of aliphatic carboxylic acids is 1. The molecule has 4 unspecified atom stereocenters. The van der Waals surface area contributed by atoms with Gasteiger partial charge in [-0.05, 0) is 36.5 Å². The molecule has 0 heterocycles. The molecule has 1 aromatic carbocycles. The number of fused-ring (bicyclic) bond motifs is 2. The van der Waals surface area contributed by atoms with Gasteiger partial charge in [-0.25, -0.2) is 4.39 Å². The summed E-state index contributed by atoms with van der Waals surface area (Å²) in [6, 6.07) is 2.14. The number of halogens is 4. The second-order valence-corrected chi connectivity index (χ2v) is 6.02. The Hall–Kier alpha value is -2.38. The molecule has 2 N–H and O–H groups in total. The van der Waals surface area contributed by atoms with Crippen molar-refractivity contribution in [2.24, 2.45) is 23.7 Å². The maximum atomic E-state index is 13.3. The summed E-state index contributed by atoms with van der Waals surface area (Å²) in [6.45, 7) is 0. The third-order valence-corrected chi connectivity index (χ3v) is 4.59. The second-order valence-electron chi connectivity index (χ2n) is 6.02. The van der Waals surface area contributed by atoms with Crippen molar-refractivity contribution in [1.29, 1.82) is 0 Å². The van der Waals surface area contributed by atoms with Crippen LogP contribution in [-0.2, 0) is 15.8 Å². The number of rotatable bonds is 3. The van der Waals surface area contributed by atoms with Crippen LogP contribution >= 0.6 is 0 Å². The Kier molecular flexibility index (Phi) is 3.85. The average molecular weight is 343 g/mol. The number of carbonyl (C=O) groups is 2. The molecule has 0 radical (unpaired) electrons. The molecule has 3 rings (SSSR count). The summed E-state index contributed by atoms with van der Waals surface area (Å²) < 4.78 is 51.4. The Bertz CT molecular complexity index is 729. The summed E-state index contributed by atoms with van der Waals surface area (Å²) in [5, 5.41) is 11.6. The Morgan fingerprint density at radius 1 is 1.12 bits per heavy atom. The van der Waals surface area contributed by atoms with Crippen LogP contribution in [-0.4, -0.2) is 17.0 Å². The summed E-state index contributed by atoms with van der Waals surface area (Å²) in [4.78, 5) is 23.8. The number of allylic oxidation sites excluding steroid dienone is 2. The van der Waals surface area contributed by atoms with E-state index in [4.69, 9.17) is 0 Å². The van der Waals surface area contributed by atoms with Gasteiger partial charge in [0.1, 0.15) is 5.82 Å². The first kappa shape index (κ1) is 16.5. The molecular formula is C16H13F4NO3. The van der Waals surface area contributed by atoms with Crippen molar-refractivity contribution in [3.8, 4) is 0 Å². The van der Waals surface area contributed by atoms with E-state index in [0.29, 0.717) is 18.6 Å². The third-order valence-electron chi connectivity index (χ3n) is 4.59. The lowest BCUT2D eigenvalue weighted by Gasteiger charge is -2.24. The number of carbonyl (C=O) groups excluding carboxylic acids is 1. The van der Waals surface area contributed by atoms with E-state index in [9.17, 15) is 32.3 Å². The fourth-order valence-electron chi connectivity index (χ4n) is 3.56. The highest BCUT2D eigenvalue weighted by Gasteiger charge is 2.51. The largest absolute Gasteiger partial charge is 0.481 e. The number of carboxylic acid groups (broad SMARTS) is 1. The molecule has 0 saturated heterocycles. The van der Waals surface area contributed by atoms with Crippen molar-refractivity contribution in [3.05, 3.63) is 41.7 Å². The van der Waals surface area contributed by atoms with Crippen LogP contribution in [0.4, 0.5) is 23.2 Å². The SMILES string of the molecule is O=C(O)C1C2C=CC(C2)C1C(=O)Nc1ccc(F)c(C(F)(F)F)c1. The molecule has 2 aliphatic carbocycles. The zero-order chi connectivity index (χ0) is 17.6. The number of alkyl halides is 3. The standard InChI is InChI=1S/C16H13F4NO3/c17-11-4-3-9(6-10(11)16(18,19)20)21-14(22)12-7-1-2-8(5-7)13(12)15(23)24/h1-4,6-8,12-13H,5H2,(H,21,22)(H,23,24). The number of carboxylic acids is 1. The van der Waals surface area contributed by atoms with Crippen molar-refractivity contribution in [3.63, 3.8) is 0 Å². The molecule has 4 atom stereocenters. The lowest BCUT2D eigenvalue weighted by molar-refractivity contribution is -0.146. The number of anilines is 1. The van der Waals surface area contributed by atoms with Crippen LogP contribution in [0.1, 0.15) is 12.0 Å². The Morgan fingerprint density at radius 3 is 2.33 bits per heavy atom. The topological polar surface area (TPSA) is 66.4 Å². The van der Waals surface area contributed by atoms with Crippen molar-refractivity contribution >= 4 is 17.6 Å². The normalized spacial score (nSPS) is 28.2. The first-order valence-electron chi connectivity index (χ1n) is 7.27. The van der Waals surface area contributed by atoms with Crippen LogP contribution < -0.4 is 5.32 Å². The number of amides is 1. The zero-order valence-electron chi connectivity index (χ0n) is 12.2. The minimum absolute atomic E-state index is 0.218. The number of benzene rings is 1. The lowest BCUT2D eigenvalue weighted by Crippen LogP contribution is -2.36. The second kappa shape index (κ2) is 5.61. The van der Waals surface area contributed by atoms with Crippen molar-refractivity contribution < 1.29 is 32.3 Å². The van der Waals surface area contributed by atoms with E-state index < -0.39 is 41.3 Å². The maximum Gasteiger partial charge on any atom is 0.419 e. The van der Waals surface area contributed by atoms with Gasteiger partial charge in [0.05, 0.1) is 17.4 Å². The molecule has 2 bridgehead atoms. The van der Waals surface area contributed by atoms with E-state index in [2.05, 4.69) is 5.32 Å². The van der Waals surface area contributed by atoms with Crippen LogP contribution in [0.15, 0.2) is 30.4 Å². The molecule has 2 aliphatic rings. The molecule has 4 nitrogen and oxygen atoms in total. The first-order valence-corrected chi connectivity index (χ1v) is 7.27. The molecule has 1 fully saturated rings. The fraction of sp³-hybridized carbons (Fsp3) is 0.375. The van der Waals surface area contributed by atoms with Crippen LogP contribution in [0, 0.1) is 29.5 Å². The minimum atomic E-state index is -4.89. The number of hydrogen-bond acceptors (Lipinski definition) is 2. The van der Waals surface area contributed by atoms with Gasteiger partial charge in [-0.2, -0.15) is 13.2 Å². The quantitative estimate of drug-likeness (QED) is 0.654. The highest BCUT2D eigenvalue weighted by molar-refractivity contribution is 5.96. The van der Waals surface area contributed by atoms with E-state index in [1.54, 1.807) is 12.2 Å². The summed E-state index contributed by atoms with van der Waals surface area (Å²) in [6.07, 6.45) is -0.830. The Morgan fingerprint density at radius 2 is 1.75 bits per heavy atom. The monoisotopic (exact) mass is 343 g/mol. The van der Waals surface area contributed by atoms with E-state index in [0.717, 1.165) is 6.07 Å². The highest BCUT2D eigenvalue weighted by atomic mass is 19.4. The van der Waals surface area contributed by atoms with E-state index in [-0.39, 0.29) is 17.5 Å². The molecule has 8 heteroatoms. The van der Waals surface area contributed by atoms with Gasteiger partial charge in [-0.3, -0.25) is 9.59 Å². The molecule has 0 aliphatic heterocycles. The summed E-state index contributed by atoms with van der Waals surface area (Å²) >= 11 is 0. The van der Waals surface area contributed by atoms with Crippen LogP contribution in [0.5, 0.6) is 0 Å². The van der Waals surface area contributed by atoms with Crippen molar-refractivity contribution in [2.75, 3.05) is 5.32 Å². The van der Waals surface area contributed by atoms with E-state index in [1.165, 1.54) is 0 Å². The predicted octanol–water partition coefficient (Wildman–Crippen LogP) is 3.31. The van der Waals surface area contributed by atoms with E-state index >= 15 is 0 Å². The van der Waals surface area contributed by atoms with Gasteiger partial charge in [0, 0.05) is 5.69 Å². The fourth-order valence-corrected chi connectivity index (χ4v) is 3.56. The summed E-state index contributed by atoms with van der Waals surface area (Å²) in [5.74, 6) is -5.46. The average Bonchev–Trinajstić information content (AvgIpc) is 3.08. The Balaban J connectivity index is 1.83. The lowest BCUT2D eigenvalue weighted by atomic mass is 9.82. The molecule has 1 aromatic rings. The minimum Gasteiger partial charge on any atom is -0.481 e. The molecule has 1 amide bonds.